The van der Waals surface area contributed by atoms with Crippen molar-refractivity contribution in [3.05, 3.63) is 0 Å². The Kier molecular flexibility index (Phi) is 4.40. The number of carbonyl (C=O) groups is 1. The van der Waals surface area contributed by atoms with Crippen LogP contribution in [0.2, 0.25) is 0 Å². The van der Waals surface area contributed by atoms with Gasteiger partial charge in [-0.3, -0.25) is 4.79 Å². The van der Waals surface area contributed by atoms with Crippen LogP contribution in [0.25, 0.3) is 0 Å². The van der Waals surface area contributed by atoms with Gasteiger partial charge in [-0.05, 0) is 19.3 Å². The van der Waals surface area contributed by atoms with Crippen LogP contribution in [0.4, 0.5) is 0 Å². The van der Waals surface area contributed by atoms with Crippen molar-refractivity contribution in [3.8, 4) is 0 Å². The van der Waals surface area contributed by atoms with Crippen LogP contribution in [0.15, 0.2) is 0 Å². The van der Waals surface area contributed by atoms with E-state index in [9.17, 15) is 4.79 Å². The SMILES string of the molecule is CCC[C@@H](N)C(=O)N1CCOC2CCCCC21. The standard InChI is InChI=1S/C13H24N2O2/c1-2-5-10(14)13(16)15-8-9-17-12-7-4-3-6-11(12)15/h10-12H,2-9,14H2,1H3/t10-,11?,12?/m1/s1. The van der Waals surface area contributed by atoms with Crippen molar-refractivity contribution >= 4 is 5.91 Å². The molecule has 4 heteroatoms. The topological polar surface area (TPSA) is 55.6 Å². The van der Waals surface area contributed by atoms with Crippen LogP contribution in [0.5, 0.6) is 0 Å². The van der Waals surface area contributed by atoms with Crippen molar-refractivity contribution < 1.29 is 9.53 Å². The minimum Gasteiger partial charge on any atom is -0.374 e. The van der Waals surface area contributed by atoms with E-state index in [-0.39, 0.29) is 24.1 Å². The minimum absolute atomic E-state index is 0.132. The molecule has 17 heavy (non-hydrogen) atoms. The molecule has 2 N–H and O–H groups in total. The molecule has 4 nitrogen and oxygen atoms in total. The largest absolute Gasteiger partial charge is 0.374 e. The van der Waals surface area contributed by atoms with Crippen molar-refractivity contribution in [1.82, 2.24) is 4.90 Å². The molecular weight excluding hydrogens is 216 g/mol. The highest BCUT2D eigenvalue weighted by molar-refractivity contribution is 5.82. The molecule has 1 aliphatic carbocycles. The maximum atomic E-state index is 12.3. The van der Waals surface area contributed by atoms with E-state index in [1.165, 1.54) is 12.8 Å². The molecule has 1 aliphatic heterocycles. The lowest BCUT2D eigenvalue weighted by Crippen LogP contribution is -2.58. The van der Waals surface area contributed by atoms with E-state index in [4.69, 9.17) is 10.5 Å². The van der Waals surface area contributed by atoms with E-state index >= 15 is 0 Å². The highest BCUT2D eigenvalue weighted by Crippen LogP contribution is 2.28. The number of ether oxygens (including phenoxy) is 1. The molecule has 2 rings (SSSR count). The molecule has 1 saturated carbocycles. The zero-order chi connectivity index (χ0) is 12.3. The fourth-order valence-corrected chi connectivity index (χ4v) is 3.02. The molecule has 0 aromatic carbocycles. The van der Waals surface area contributed by atoms with Gasteiger partial charge in [-0.15, -0.1) is 0 Å². The minimum atomic E-state index is -0.319. The summed E-state index contributed by atoms with van der Waals surface area (Å²) in [4.78, 5) is 14.3. The average molecular weight is 240 g/mol. The van der Waals surface area contributed by atoms with Crippen LogP contribution in [-0.2, 0) is 9.53 Å². The molecular formula is C13H24N2O2. The summed E-state index contributed by atoms with van der Waals surface area (Å²) in [6.45, 7) is 3.46. The van der Waals surface area contributed by atoms with Crippen molar-refractivity contribution in [3.63, 3.8) is 0 Å². The Hall–Kier alpha value is -0.610. The van der Waals surface area contributed by atoms with E-state index in [2.05, 4.69) is 6.92 Å². The fraction of sp³-hybridized carbons (Fsp3) is 0.923. The zero-order valence-corrected chi connectivity index (χ0v) is 10.7. The molecule has 1 saturated heterocycles. The smallest absolute Gasteiger partial charge is 0.239 e. The van der Waals surface area contributed by atoms with Crippen molar-refractivity contribution in [1.29, 1.82) is 0 Å². The molecule has 0 bridgehead atoms. The Balaban J connectivity index is 2.00. The monoisotopic (exact) mass is 240 g/mol. The molecule has 2 unspecified atom stereocenters. The van der Waals surface area contributed by atoms with Gasteiger partial charge in [0, 0.05) is 6.54 Å². The summed E-state index contributed by atoms with van der Waals surface area (Å²) in [5.74, 6) is 0.132. The highest BCUT2D eigenvalue weighted by atomic mass is 16.5. The van der Waals surface area contributed by atoms with Crippen LogP contribution < -0.4 is 5.73 Å². The van der Waals surface area contributed by atoms with Gasteiger partial charge in [0.2, 0.25) is 5.91 Å². The lowest BCUT2D eigenvalue weighted by atomic mass is 9.89. The van der Waals surface area contributed by atoms with E-state index in [0.717, 1.165) is 32.2 Å². The Labute approximate surface area is 103 Å². The first-order valence-corrected chi connectivity index (χ1v) is 6.91. The molecule has 1 amide bonds. The number of carbonyl (C=O) groups excluding carboxylic acids is 1. The molecule has 2 aliphatic rings. The zero-order valence-electron chi connectivity index (χ0n) is 10.7. The van der Waals surface area contributed by atoms with Crippen molar-refractivity contribution in [2.45, 2.75) is 63.6 Å². The predicted molar refractivity (Wildman–Crippen MR) is 66.6 cm³/mol. The van der Waals surface area contributed by atoms with Gasteiger partial charge >= 0.3 is 0 Å². The first-order valence-electron chi connectivity index (χ1n) is 6.91. The Morgan fingerprint density at radius 1 is 1.47 bits per heavy atom. The van der Waals surface area contributed by atoms with E-state index in [1.807, 2.05) is 4.90 Å². The lowest BCUT2D eigenvalue weighted by molar-refractivity contribution is -0.151. The Bertz CT molecular complexity index is 268. The maximum Gasteiger partial charge on any atom is 0.239 e. The number of rotatable bonds is 3. The lowest BCUT2D eigenvalue weighted by Gasteiger charge is -2.44. The van der Waals surface area contributed by atoms with Crippen LogP contribution in [0, 0.1) is 0 Å². The summed E-state index contributed by atoms with van der Waals surface area (Å²) in [5, 5.41) is 0. The maximum absolute atomic E-state index is 12.3. The van der Waals surface area contributed by atoms with E-state index < -0.39 is 0 Å². The van der Waals surface area contributed by atoms with Gasteiger partial charge in [-0.1, -0.05) is 26.2 Å². The number of amides is 1. The normalized spacial score (nSPS) is 30.8. The van der Waals surface area contributed by atoms with Gasteiger partial charge in [0.15, 0.2) is 0 Å². The number of hydrogen-bond donors (Lipinski definition) is 1. The van der Waals surface area contributed by atoms with Gasteiger partial charge in [-0.2, -0.15) is 0 Å². The van der Waals surface area contributed by atoms with E-state index in [1.54, 1.807) is 0 Å². The third-order valence-corrected chi connectivity index (χ3v) is 3.93. The number of hydrogen-bond acceptors (Lipinski definition) is 3. The summed E-state index contributed by atoms with van der Waals surface area (Å²) < 4.78 is 5.77. The molecule has 0 aromatic rings. The molecule has 0 aromatic heterocycles. The van der Waals surface area contributed by atoms with Gasteiger partial charge in [0.05, 0.1) is 24.8 Å². The fourth-order valence-electron chi connectivity index (χ4n) is 3.02. The average Bonchev–Trinajstić information content (AvgIpc) is 2.37. The molecule has 98 valence electrons. The summed E-state index contributed by atoms with van der Waals surface area (Å²) in [6, 6.07) is -0.0337. The van der Waals surface area contributed by atoms with Crippen LogP contribution >= 0.6 is 0 Å². The second-order valence-electron chi connectivity index (χ2n) is 5.19. The molecule has 0 spiro atoms. The van der Waals surface area contributed by atoms with Gasteiger partial charge < -0.3 is 15.4 Å². The van der Waals surface area contributed by atoms with Crippen LogP contribution in [-0.4, -0.2) is 42.1 Å². The van der Waals surface area contributed by atoms with Gasteiger partial charge in [-0.25, -0.2) is 0 Å². The summed E-state index contributed by atoms with van der Waals surface area (Å²) in [6.07, 6.45) is 6.61. The van der Waals surface area contributed by atoms with Crippen molar-refractivity contribution in [2.24, 2.45) is 5.73 Å². The Morgan fingerprint density at radius 2 is 2.24 bits per heavy atom. The van der Waals surface area contributed by atoms with Gasteiger partial charge in [0.25, 0.3) is 0 Å². The number of morpholine rings is 1. The number of nitrogens with zero attached hydrogens (tertiary/aromatic N) is 1. The molecule has 2 fully saturated rings. The van der Waals surface area contributed by atoms with Crippen LogP contribution in [0.3, 0.4) is 0 Å². The second-order valence-corrected chi connectivity index (χ2v) is 5.19. The summed E-state index contributed by atoms with van der Waals surface area (Å²) in [7, 11) is 0. The highest BCUT2D eigenvalue weighted by Gasteiger charge is 2.37. The molecule has 1 heterocycles. The Morgan fingerprint density at radius 3 is 3.00 bits per heavy atom. The third-order valence-electron chi connectivity index (χ3n) is 3.93. The molecule has 3 atom stereocenters. The second kappa shape index (κ2) is 5.83. The van der Waals surface area contributed by atoms with Gasteiger partial charge in [0.1, 0.15) is 0 Å². The van der Waals surface area contributed by atoms with Crippen molar-refractivity contribution in [2.75, 3.05) is 13.2 Å². The number of fused-ring (bicyclic) bond motifs is 1. The van der Waals surface area contributed by atoms with E-state index in [0.29, 0.717) is 6.61 Å². The summed E-state index contributed by atoms with van der Waals surface area (Å²) in [5.41, 5.74) is 5.95. The summed E-state index contributed by atoms with van der Waals surface area (Å²) >= 11 is 0. The number of nitrogens with two attached hydrogens (primary N) is 1. The molecule has 0 radical (unpaired) electrons. The van der Waals surface area contributed by atoms with Crippen LogP contribution in [0.1, 0.15) is 45.4 Å². The quantitative estimate of drug-likeness (QED) is 0.808. The first-order chi connectivity index (χ1) is 8.24. The predicted octanol–water partition coefficient (Wildman–Crippen LogP) is 1.28. The first kappa shape index (κ1) is 12.8. The third kappa shape index (κ3) is 2.80.